The van der Waals surface area contributed by atoms with Gasteiger partial charge >= 0.3 is 0 Å². The number of nitrogens with zero attached hydrogens (tertiary/aromatic N) is 1. The lowest BCUT2D eigenvalue weighted by Gasteiger charge is -2.25. The first-order valence-electron chi connectivity index (χ1n) is 8.30. The summed E-state index contributed by atoms with van der Waals surface area (Å²) in [7, 11) is 0. The summed E-state index contributed by atoms with van der Waals surface area (Å²) >= 11 is 0. The molecule has 3 rings (SSSR count). The van der Waals surface area contributed by atoms with Gasteiger partial charge in [-0.1, -0.05) is 68.8 Å². The van der Waals surface area contributed by atoms with Crippen LogP contribution in [0.15, 0.2) is 59.6 Å². The highest BCUT2D eigenvalue weighted by molar-refractivity contribution is 5.84. The zero-order valence-electron chi connectivity index (χ0n) is 14.4. The van der Waals surface area contributed by atoms with Crippen LogP contribution in [0.2, 0.25) is 0 Å². The molecule has 0 aliphatic carbocycles. The van der Waals surface area contributed by atoms with E-state index in [1.807, 2.05) is 30.3 Å². The van der Waals surface area contributed by atoms with E-state index in [-0.39, 0.29) is 11.5 Å². The van der Waals surface area contributed by atoms with Crippen molar-refractivity contribution < 1.29 is 4.74 Å². The van der Waals surface area contributed by atoms with Gasteiger partial charge in [-0.15, -0.1) is 0 Å². The molecule has 1 saturated heterocycles. The SMILES string of the molecule is Cc1ccc(C2CC(C(C)(C)C)C(=Nc3ccccc3)O2)cc1. The van der Waals surface area contributed by atoms with Crippen LogP contribution in [0.5, 0.6) is 0 Å². The lowest BCUT2D eigenvalue weighted by molar-refractivity contribution is 0.219. The van der Waals surface area contributed by atoms with Gasteiger partial charge in [0.25, 0.3) is 0 Å². The molecule has 2 aromatic carbocycles. The highest BCUT2D eigenvalue weighted by Crippen LogP contribution is 2.43. The van der Waals surface area contributed by atoms with Crippen LogP contribution >= 0.6 is 0 Å². The molecule has 0 spiro atoms. The van der Waals surface area contributed by atoms with Gasteiger partial charge in [0.15, 0.2) is 5.90 Å². The fourth-order valence-electron chi connectivity index (χ4n) is 3.03. The number of aliphatic imine (C=N–C) groups is 1. The first-order valence-corrected chi connectivity index (χ1v) is 8.30. The van der Waals surface area contributed by atoms with Crippen molar-refractivity contribution in [2.24, 2.45) is 16.3 Å². The van der Waals surface area contributed by atoms with Gasteiger partial charge in [0.05, 0.1) is 5.69 Å². The Bertz CT molecular complexity index is 680. The molecule has 0 N–H and O–H groups in total. The highest BCUT2D eigenvalue weighted by Gasteiger charge is 2.40. The molecular formula is C21H25NO. The number of hydrogen-bond acceptors (Lipinski definition) is 2. The molecule has 0 bridgehead atoms. The summed E-state index contributed by atoms with van der Waals surface area (Å²) < 4.78 is 6.28. The maximum absolute atomic E-state index is 6.28. The quantitative estimate of drug-likeness (QED) is 0.682. The molecule has 1 aliphatic heterocycles. The van der Waals surface area contributed by atoms with E-state index in [4.69, 9.17) is 9.73 Å². The van der Waals surface area contributed by atoms with E-state index in [1.54, 1.807) is 0 Å². The van der Waals surface area contributed by atoms with Crippen LogP contribution in [0.25, 0.3) is 0 Å². The number of aryl methyl sites for hydroxylation is 1. The Morgan fingerprint density at radius 3 is 2.22 bits per heavy atom. The van der Waals surface area contributed by atoms with Crippen molar-refractivity contribution in [1.29, 1.82) is 0 Å². The van der Waals surface area contributed by atoms with E-state index in [0.717, 1.165) is 18.0 Å². The largest absolute Gasteiger partial charge is 0.472 e. The molecule has 1 heterocycles. The Morgan fingerprint density at radius 2 is 1.61 bits per heavy atom. The monoisotopic (exact) mass is 307 g/mol. The number of benzene rings is 2. The van der Waals surface area contributed by atoms with Gasteiger partial charge in [-0.3, -0.25) is 0 Å². The van der Waals surface area contributed by atoms with Crippen molar-refractivity contribution >= 4 is 11.6 Å². The Kier molecular flexibility index (Phi) is 4.25. The summed E-state index contributed by atoms with van der Waals surface area (Å²) in [6, 6.07) is 18.7. The molecule has 0 radical (unpaired) electrons. The summed E-state index contributed by atoms with van der Waals surface area (Å²) in [6.07, 6.45) is 1.08. The van der Waals surface area contributed by atoms with Gasteiger partial charge in [-0.05, 0) is 30.0 Å². The summed E-state index contributed by atoms with van der Waals surface area (Å²) in [6.45, 7) is 8.90. The molecule has 2 unspecified atom stereocenters. The Labute approximate surface area is 139 Å². The molecule has 1 fully saturated rings. The van der Waals surface area contributed by atoms with Crippen molar-refractivity contribution in [2.45, 2.75) is 40.2 Å². The normalized spacial score (nSPS) is 23.0. The number of para-hydroxylation sites is 1. The number of rotatable bonds is 2. The third kappa shape index (κ3) is 3.64. The Hall–Kier alpha value is -2.09. The smallest absolute Gasteiger partial charge is 0.192 e. The Morgan fingerprint density at radius 1 is 0.957 bits per heavy atom. The summed E-state index contributed by atoms with van der Waals surface area (Å²) in [5.41, 5.74) is 3.61. The predicted molar refractivity (Wildman–Crippen MR) is 96.1 cm³/mol. The van der Waals surface area contributed by atoms with Gasteiger partial charge in [-0.2, -0.15) is 0 Å². The van der Waals surface area contributed by atoms with Gasteiger partial charge < -0.3 is 4.74 Å². The second-order valence-corrected chi connectivity index (χ2v) is 7.46. The van der Waals surface area contributed by atoms with E-state index in [9.17, 15) is 0 Å². The van der Waals surface area contributed by atoms with Crippen LogP contribution in [-0.4, -0.2) is 5.90 Å². The Balaban J connectivity index is 1.91. The first-order chi connectivity index (χ1) is 10.9. The van der Waals surface area contributed by atoms with E-state index in [2.05, 4.69) is 52.0 Å². The van der Waals surface area contributed by atoms with Crippen molar-refractivity contribution in [3.63, 3.8) is 0 Å². The van der Waals surface area contributed by atoms with Crippen LogP contribution in [0.1, 0.15) is 44.4 Å². The summed E-state index contributed by atoms with van der Waals surface area (Å²) in [4.78, 5) is 4.79. The number of ether oxygens (including phenoxy) is 1. The van der Waals surface area contributed by atoms with Crippen molar-refractivity contribution in [1.82, 2.24) is 0 Å². The van der Waals surface area contributed by atoms with Gasteiger partial charge in [0.1, 0.15) is 6.10 Å². The van der Waals surface area contributed by atoms with E-state index in [1.165, 1.54) is 11.1 Å². The summed E-state index contributed by atoms with van der Waals surface area (Å²) in [5, 5.41) is 0. The van der Waals surface area contributed by atoms with E-state index in [0.29, 0.717) is 5.92 Å². The third-order valence-electron chi connectivity index (χ3n) is 4.50. The van der Waals surface area contributed by atoms with Crippen molar-refractivity contribution in [3.05, 3.63) is 65.7 Å². The second-order valence-electron chi connectivity index (χ2n) is 7.46. The van der Waals surface area contributed by atoms with E-state index < -0.39 is 0 Å². The average Bonchev–Trinajstić information content (AvgIpc) is 2.93. The second kappa shape index (κ2) is 6.19. The lowest BCUT2D eigenvalue weighted by Crippen LogP contribution is -2.24. The molecule has 0 aromatic heterocycles. The van der Waals surface area contributed by atoms with Crippen LogP contribution in [0.4, 0.5) is 5.69 Å². The molecule has 2 aromatic rings. The van der Waals surface area contributed by atoms with Crippen LogP contribution in [0, 0.1) is 18.3 Å². The minimum atomic E-state index is 0.0993. The maximum Gasteiger partial charge on any atom is 0.192 e. The molecule has 2 heteroatoms. The van der Waals surface area contributed by atoms with Crippen molar-refractivity contribution in [2.75, 3.05) is 0 Å². The minimum absolute atomic E-state index is 0.0993. The van der Waals surface area contributed by atoms with Gasteiger partial charge in [0, 0.05) is 12.3 Å². The predicted octanol–water partition coefficient (Wildman–Crippen LogP) is 5.85. The molecule has 2 nitrogen and oxygen atoms in total. The molecular weight excluding hydrogens is 282 g/mol. The van der Waals surface area contributed by atoms with Gasteiger partial charge in [-0.25, -0.2) is 4.99 Å². The van der Waals surface area contributed by atoms with Crippen molar-refractivity contribution in [3.8, 4) is 0 Å². The fraction of sp³-hybridized carbons (Fsp3) is 0.381. The molecule has 1 aliphatic rings. The first kappa shape index (κ1) is 15.8. The molecule has 0 amide bonds. The zero-order chi connectivity index (χ0) is 16.4. The average molecular weight is 307 g/mol. The van der Waals surface area contributed by atoms with E-state index >= 15 is 0 Å². The number of hydrogen-bond donors (Lipinski definition) is 0. The maximum atomic E-state index is 6.28. The molecule has 23 heavy (non-hydrogen) atoms. The topological polar surface area (TPSA) is 21.6 Å². The lowest BCUT2D eigenvalue weighted by atomic mass is 9.78. The molecule has 120 valence electrons. The van der Waals surface area contributed by atoms with Crippen LogP contribution in [0.3, 0.4) is 0 Å². The zero-order valence-corrected chi connectivity index (χ0v) is 14.4. The molecule has 2 atom stereocenters. The molecule has 0 saturated carbocycles. The van der Waals surface area contributed by atoms with Gasteiger partial charge in [0.2, 0.25) is 0 Å². The summed E-state index contributed by atoms with van der Waals surface area (Å²) in [5.74, 6) is 1.20. The standard InChI is InChI=1S/C21H25NO/c1-15-10-12-16(13-11-15)19-14-18(21(2,3)4)20(23-19)22-17-8-6-5-7-9-17/h5-13,18-19H,14H2,1-4H3. The van der Waals surface area contributed by atoms with Crippen LogP contribution in [-0.2, 0) is 4.74 Å². The fourth-order valence-corrected chi connectivity index (χ4v) is 3.03. The third-order valence-corrected chi connectivity index (χ3v) is 4.50. The minimum Gasteiger partial charge on any atom is -0.472 e. The van der Waals surface area contributed by atoms with Crippen LogP contribution < -0.4 is 0 Å². The highest BCUT2D eigenvalue weighted by atomic mass is 16.5.